The van der Waals surface area contributed by atoms with Crippen LogP contribution in [0, 0.1) is 5.95 Å². The van der Waals surface area contributed by atoms with E-state index in [1.165, 1.54) is 21.3 Å². The largest absolute Gasteiger partial charge is 0.504 e. The van der Waals surface area contributed by atoms with Crippen LogP contribution in [0.3, 0.4) is 0 Å². The number of carbonyl (C=O) groups is 2. The summed E-state index contributed by atoms with van der Waals surface area (Å²) in [5.41, 5.74) is 0.396. The van der Waals surface area contributed by atoms with Crippen molar-refractivity contribution in [1.29, 1.82) is 0 Å². The van der Waals surface area contributed by atoms with Crippen LogP contribution < -0.4 is 25.2 Å². The average Bonchev–Trinajstić information content (AvgIpc) is 3.66. The van der Waals surface area contributed by atoms with Crippen molar-refractivity contribution in [2.75, 3.05) is 56.8 Å². The number of aromatic hydroxyl groups is 1. The number of rotatable bonds is 6. The molecular formula is C29H27ClFN7O7. The average molecular weight is 640 g/mol. The molecule has 0 radical (unpaired) electrons. The summed E-state index contributed by atoms with van der Waals surface area (Å²) >= 11 is 6.22. The summed E-state index contributed by atoms with van der Waals surface area (Å²) in [7, 11) is 2.00. The molecule has 4 aromatic rings. The van der Waals surface area contributed by atoms with Crippen molar-refractivity contribution >= 4 is 46.3 Å². The molecule has 1 aromatic carbocycles. The van der Waals surface area contributed by atoms with Gasteiger partial charge in [0, 0.05) is 49.6 Å². The molecule has 0 atom stereocenters. The van der Waals surface area contributed by atoms with Crippen molar-refractivity contribution in [3.8, 4) is 28.4 Å². The summed E-state index contributed by atoms with van der Waals surface area (Å²) < 4.78 is 34.3. The van der Waals surface area contributed by atoms with Crippen molar-refractivity contribution in [2.45, 2.75) is 19.7 Å². The normalized spacial score (nSPS) is 16.2. The van der Waals surface area contributed by atoms with E-state index in [1.807, 2.05) is 11.9 Å². The summed E-state index contributed by atoms with van der Waals surface area (Å²) in [5.74, 6) is -1.02. The number of pyridine rings is 1. The fourth-order valence-corrected chi connectivity index (χ4v) is 5.92. The minimum Gasteiger partial charge on any atom is -0.504 e. The summed E-state index contributed by atoms with van der Waals surface area (Å²) in [5, 5.41) is 13.0. The van der Waals surface area contributed by atoms with Gasteiger partial charge in [-0.15, -0.1) is 0 Å². The molecule has 0 aliphatic carbocycles. The van der Waals surface area contributed by atoms with Gasteiger partial charge in [-0.25, -0.2) is 9.97 Å². The lowest BCUT2D eigenvalue weighted by Crippen LogP contribution is -2.44. The molecule has 0 spiro atoms. The van der Waals surface area contributed by atoms with E-state index in [4.69, 9.17) is 25.8 Å². The maximum absolute atomic E-state index is 14.8. The highest BCUT2D eigenvalue weighted by Gasteiger charge is 2.30. The van der Waals surface area contributed by atoms with E-state index < -0.39 is 11.9 Å². The lowest BCUT2D eigenvalue weighted by Gasteiger charge is -2.33. The van der Waals surface area contributed by atoms with Crippen molar-refractivity contribution in [2.24, 2.45) is 0 Å². The number of phenols is 1. The van der Waals surface area contributed by atoms with E-state index in [2.05, 4.69) is 20.2 Å². The number of hydrogen-bond donors (Lipinski definition) is 2. The van der Waals surface area contributed by atoms with Crippen LogP contribution in [-0.4, -0.2) is 87.9 Å². The number of piperazine rings is 1. The topological polar surface area (TPSA) is 153 Å². The molecular weight excluding hydrogens is 613 g/mol. The van der Waals surface area contributed by atoms with E-state index in [0.29, 0.717) is 48.8 Å². The summed E-state index contributed by atoms with van der Waals surface area (Å²) in [6, 6.07) is 2.92. The van der Waals surface area contributed by atoms with E-state index >= 15 is 0 Å². The number of halogens is 2. The Labute approximate surface area is 259 Å². The number of amides is 1. The summed E-state index contributed by atoms with van der Waals surface area (Å²) in [6.45, 7) is 2.95. The van der Waals surface area contributed by atoms with Crippen molar-refractivity contribution in [3.05, 3.63) is 51.0 Å². The van der Waals surface area contributed by atoms with Gasteiger partial charge in [0.05, 0.1) is 29.8 Å². The van der Waals surface area contributed by atoms with E-state index in [9.17, 15) is 23.9 Å². The van der Waals surface area contributed by atoms with Crippen LogP contribution in [0.25, 0.3) is 22.2 Å². The number of anilines is 2. The zero-order valence-corrected chi connectivity index (χ0v) is 24.8. The molecule has 1 saturated heterocycles. The molecule has 234 valence electrons. The number of benzene rings is 1. The van der Waals surface area contributed by atoms with Crippen LogP contribution in [0.5, 0.6) is 17.2 Å². The number of aromatic nitrogens is 4. The van der Waals surface area contributed by atoms with Gasteiger partial charge in [0.1, 0.15) is 35.5 Å². The number of nitrogens with zero attached hydrogens (tertiary/aromatic N) is 6. The van der Waals surface area contributed by atoms with Crippen LogP contribution in [0.1, 0.15) is 16.2 Å². The van der Waals surface area contributed by atoms with E-state index in [1.54, 1.807) is 6.20 Å². The highest BCUT2D eigenvalue weighted by molar-refractivity contribution is 6.33. The van der Waals surface area contributed by atoms with E-state index in [0.717, 1.165) is 13.1 Å². The third kappa shape index (κ3) is 5.02. The Morgan fingerprint density at radius 1 is 1.13 bits per heavy atom. The Kier molecular flexibility index (Phi) is 7.30. The molecule has 7 rings (SSSR count). The van der Waals surface area contributed by atoms with Gasteiger partial charge in [-0.05, 0) is 13.1 Å². The van der Waals surface area contributed by atoms with Gasteiger partial charge < -0.3 is 39.0 Å². The minimum absolute atomic E-state index is 0.0295. The maximum atomic E-state index is 14.8. The summed E-state index contributed by atoms with van der Waals surface area (Å²) in [6.07, 6.45) is 2.00. The first-order chi connectivity index (χ1) is 21.7. The molecule has 45 heavy (non-hydrogen) atoms. The Balaban J connectivity index is 1.29. The number of fused-ring (bicyclic) bond motifs is 3. The fourth-order valence-electron chi connectivity index (χ4n) is 5.78. The van der Waals surface area contributed by atoms with Gasteiger partial charge in [-0.2, -0.15) is 4.39 Å². The van der Waals surface area contributed by atoms with Gasteiger partial charge in [0.15, 0.2) is 17.8 Å². The Morgan fingerprint density at radius 3 is 2.69 bits per heavy atom. The molecule has 0 saturated carbocycles. The number of aldehydes is 1. The van der Waals surface area contributed by atoms with Gasteiger partial charge >= 0.3 is 0 Å². The number of nitrogens with one attached hydrogen (secondary N) is 1. The highest BCUT2D eigenvalue weighted by atomic mass is 35.5. The highest BCUT2D eigenvalue weighted by Crippen LogP contribution is 2.49. The van der Waals surface area contributed by atoms with Crippen LogP contribution in [0.4, 0.5) is 15.9 Å². The lowest BCUT2D eigenvalue weighted by atomic mass is 10.0. The monoisotopic (exact) mass is 639 g/mol. The SMILES string of the molecule is CN1CCN(c2cc(NC(=O)Cn3cc(-c4cc(C=O)c(O)c5c4OCO5)c4c(=O)n5c(nc43)COCC5)c(Cl)c(F)n2)CC1. The standard InChI is InChI=1S/C29H27ClFN7O7/c1-35-2-4-36(5-3-35)19-9-18(23(30)27(31)33-19)32-21(40)11-37-10-17(16-8-15(12-39)24(41)26-25(16)44-14-45-26)22-28(37)34-20-13-43-7-6-38(20)29(22)42/h8-10,12,41H,2-7,11,13-14H2,1H3,(H,32,33,40). The van der Waals surface area contributed by atoms with Crippen molar-refractivity contribution < 1.29 is 33.3 Å². The first kappa shape index (κ1) is 29.0. The zero-order valence-electron chi connectivity index (χ0n) is 24.0. The number of likely N-dealkylation sites (N-methyl/N-ethyl adjacent to an activating group) is 1. The summed E-state index contributed by atoms with van der Waals surface area (Å²) in [4.78, 5) is 51.8. The molecule has 3 aliphatic heterocycles. The zero-order chi connectivity index (χ0) is 31.4. The molecule has 3 aliphatic rings. The van der Waals surface area contributed by atoms with E-state index in [-0.39, 0.29) is 76.6 Å². The number of hydrogen-bond acceptors (Lipinski definition) is 11. The molecule has 0 bridgehead atoms. The van der Waals surface area contributed by atoms with Gasteiger partial charge in [0.2, 0.25) is 24.4 Å². The van der Waals surface area contributed by atoms with Gasteiger partial charge in [-0.1, -0.05) is 11.6 Å². The molecule has 2 N–H and O–H groups in total. The van der Waals surface area contributed by atoms with Crippen LogP contribution >= 0.6 is 11.6 Å². The quantitative estimate of drug-likeness (QED) is 0.236. The first-order valence-electron chi connectivity index (χ1n) is 14.1. The Morgan fingerprint density at radius 2 is 1.91 bits per heavy atom. The van der Waals surface area contributed by atoms with Crippen molar-refractivity contribution in [1.82, 2.24) is 24.0 Å². The number of carbonyl (C=O) groups excluding carboxylic acids is 2. The molecule has 1 fully saturated rings. The Bertz CT molecular complexity index is 1940. The molecule has 6 heterocycles. The predicted octanol–water partition coefficient (Wildman–Crippen LogP) is 2.22. The molecule has 14 nitrogen and oxygen atoms in total. The Hall–Kier alpha value is -4.73. The van der Waals surface area contributed by atoms with Gasteiger partial charge in [0.25, 0.3) is 5.56 Å². The van der Waals surface area contributed by atoms with Crippen LogP contribution in [-0.2, 0) is 29.2 Å². The fraction of sp³-hybridized carbons (Fsp3) is 0.345. The lowest BCUT2D eigenvalue weighted by molar-refractivity contribution is -0.116. The molecule has 16 heteroatoms. The smallest absolute Gasteiger partial charge is 0.263 e. The van der Waals surface area contributed by atoms with Crippen LogP contribution in [0.15, 0.2) is 23.1 Å². The molecule has 3 aromatic heterocycles. The van der Waals surface area contributed by atoms with Gasteiger partial charge in [-0.3, -0.25) is 19.0 Å². The van der Waals surface area contributed by atoms with Crippen LogP contribution in [0.2, 0.25) is 5.02 Å². The molecule has 1 amide bonds. The number of phenolic OH excluding ortho intramolecular Hbond substituents is 1. The number of ether oxygens (including phenoxy) is 3. The second-order valence-electron chi connectivity index (χ2n) is 10.9. The second-order valence-corrected chi connectivity index (χ2v) is 11.3. The molecule has 0 unspecified atom stereocenters. The minimum atomic E-state index is -0.909. The third-order valence-electron chi connectivity index (χ3n) is 8.13. The first-order valence-corrected chi connectivity index (χ1v) is 14.5. The van der Waals surface area contributed by atoms with Crippen molar-refractivity contribution in [3.63, 3.8) is 0 Å². The maximum Gasteiger partial charge on any atom is 0.263 e. The second kappa shape index (κ2) is 11.3. The third-order valence-corrected chi connectivity index (χ3v) is 8.49. The predicted molar refractivity (Wildman–Crippen MR) is 160 cm³/mol.